The smallest absolute Gasteiger partial charge is 0.162 e. The molecule has 2 rings (SSSR count). The molecule has 0 unspecified atom stereocenters. The average Bonchev–Trinajstić information content (AvgIpc) is 2.86. The fourth-order valence-corrected chi connectivity index (χ4v) is 2.28. The second-order valence-electron chi connectivity index (χ2n) is 4.38. The first-order valence-corrected chi connectivity index (χ1v) is 5.95. The Morgan fingerprint density at radius 1 is 1.29 bits per heavy atom. The van der Waals surface area contributed by atoms with Gasteiger partial charge in [0.15, 0.2) is 11.5 Å². The maximum Gasteiger partial charge on any atom is 0.162 e. The summed E-state index contributed by atoms with van der Waals surface area (Å²) >= 11 is 0. The van der Waals surface area contributed by atoms with E-state index < -0.39 is 0 Å². The van der Waals surface area contributed by atoms with Gasteiger partial charge in [0.05, 0.1) is 14.2 Å². The Morgan fingerprint density at radius 2 is 2.06 bits per heavy atom. The number of ether oxygens (including phenoxy) is 2. The number of hydrogen-bond donors (Lipinski definition) is 1. The first-order valence-electron chi connectivity index (χ1n) is 5.95. The van der Waals surface area contributed by atoms with Crippen LogP contribution in [0.5, 0.6) is 11.5 Å². The molecule has 2 N–H and O–H groups in total. The van der Waals surface area contributed by atoms with Crippen molar-refractivity contribution in [2.24, 2.45) is 11.7 Å². The van der Waals surface area contributed by atoms with E-state index in [1.807, 2.05) is 12.1 Å². The van der Waals surface area contributed by atoms with E-state index in [-0.39, 0.29) is 0 Å². The van der Waals surface area contributed by atoms with Crippen molar-refractivity contribution < 1.29 is 9.47 Å². The topological polar surface area (TPSA) is 47.7 Å². The van der Waals surface area contributed by atoms with Crippen LogP contribution < -0.4 is 20.1 Å². The minimum atomic E-state index is 0.614. The van der Waals surface area contributed by atoms with Crippen molar-refractivity contribution in [3.8, 4) is 11.5 Å². The summed E-state index contributed by atoms with van der Waals surface area (Å²) in [4.78, 5) is 2.35. The van der Waals surface area contributed by atoms with Crippen LogP contribution in [-0.2, 0) is 0 Å². The number of nitrogens with zero attached hydrogens (tertiary/aromatic N) is 1. The largest absolute Gasteiger partial charge is 0.493 e. The van der Waals surface area contributed by atoms with Crippen LogP contribution in [0.1, 0.15) is 6.42 Å². The summed E-state index contributed by atoms with van der Waals surface area (Å²) in [6.07, 6.45) is 1.17. The lowest BCUT2D eigenvalue weighted by Crippen LogP contribution is -2.22. The molecule has 1 atom stereocenters. The second kappa shape index (κ2) is 5.27. The van der Waals surface area contributed by atoms with E-state index in [4.69, 9.17) is 15.2 Å². The Bertz CT molecular complexity index is 382. The SMILES string of the molecule is COc1ccc(N2CC[C@@H](CN)C2)cc1OC. The fourth-order valence-electron chi connectivity index (χ4n) is 2.28. The molecule has 4 heteroatoms. The highest BCUT2D eigenvalue weighted by Crippen LogP contribution is 2.33. The molecule has 1 fully saturated rings. The third-order valence-electron chi connectivity index (χ3n) is 3.35. The van der Waals surface area contributed by atoms with Crippen molar-refractivity contribution in [2.75, 3.05) is 38.8 Å². The van der Waals surface area contributed by atoms with Gasteiger partial charge in [-0.1, -0.05) is 0 Å². The molecule has 1 heterocycles. The van der Waals surface area contributed by atoms with Crippen molar-refractivity contribution in [2.45, 2.75) is 6.42 Å². The number of benzene rings is 1. The van der Waals surface area contributed by atoms with Crippen LogP contribution in [0.15, 0.2) is 18.2 Å². The first kappa shape index (κ1) is 12.0. The Morgan fingerprint density at radius 3 is 2.65 bits per heavy atom. The van der Waals surface area contributed by atoms with Crippen LogP contribution in [0.2, 0.25) is 0 Å². The standard InChI is InChI=1S/C13H20N2O2/c1-16-12-4-3-11(7-13(12)17-2)15-6-5-10(8-14)9-15/h3-4,7,10H,5-6,8-9,14H2,1-2H3/t10-/m0/s1. The molecule has 0 bridgehead atoms. The van der Waals surface area contributed by atoms with Crippen LogP contribution in [-0.4, -0.2) is 33.9 Å². The molecule has 1 aliphatic heterocycles. The number of methoxy groups -OCH3 is 2. The van der Waals surface area contributed by atoms with Gasteiger partial charge in [-0.05, 0) is 31.0 Å². The van der Waals surface area contributed by atoms with Crippen LogP contribution in [0.3, 0.4) is 0 Å². The predicted molar refractivity (Wildman–Crippen MR) is 68.9 cm³/mol. The summed E-state index contributed by atoms with van der Waals surface area (Å²) < 4.78 is 10.5. The maximum absolute atomic E-state index is 5.70. The fraction of sp³-hybridized carbons (Fsp3) is 0.538. The average molecular weight is 236 g/mol. The van der Waals surface area contributed by atoms with Gasteiger partial charge in [0, 0.05) is 24.8 Å². The maximum atomic E-state index is 5.70. The van der Waals surface area contributed by atoms with Gasteiger partial charge in [-0.15, -0.1) is 0 Å². The highest BCUT2D eigenvalue weighted by atomic mass is 16.5. The van der Waals surface area contributed by atoms with E-state index in [0.717, 1.165) is 31.1 Å². The Hall–Kier alpha value is -1.42. The third kappa shape index (κ3) is 2.47. The number of rotatable bonds is 4. The van der Waals surface area contributed by atoms with Crippen molar-refractivity contribution in [1.29, 1.82) is 0 Å². The number of hydrogen-bond acceptors (Lipinski definition) is 4. The first-order chi connectivity index (χ1) is 8.28. The third-order valence-corrected chi connectivity index (χ3v) is 3.35. The summed E-state index contributed by atoms with van der Waals surface area (Å²) in [6, 6.07) is 6.04. The molecule has 0 saturated carbocycles. The molecule has 0 aromatic heterocycles. The summed E-state index contributed by atoms with van der Waals surface area (Å²) in [5.41, 5.74) is 6.88. The molecule has 0 spiro atoms. The van der Waals surface area contributed by atoms with Crippen LogP contribution in [0.25, 0.3) is 0 Å². The molecule has 0 radical (unpaired) electrons. The van der Waals surface area contributed by atoms with Crippen molar-refractivity contribution in [1.82, 2.24) is 0 Å². The van der Waals surface area contributed by atoms with Crippen LogP contribution in [0.4, 0.5) is 5.69 Å². The summed E-state index contributed by atoms with van der Waals surface area (Å²) in [5, 5.41) is 0. The quantitative estimate of drug-likeness (QED) is 0.860. The molecule has 0 aliphatic carbocycles. The van der Waals surface area contributed by atoms with Gasteiger partial charge >= 0.3 is 0 Å². The van der Waals surface area contributed by atoms with E-state index in [1.54, 1.807) is 14.2 Å². The van der Waals surface area contributed by atoms with Crippen LogP contribution in [0, 0.1) is 5.92 Å². The monoisotopic (exact) mass is 236 g/mol. The highest BCUT2D eigenvalue weighted by molar-refractivity contribution is 5.56. The van der Waals surface area contributed by atoms with E-state index in [2.05, 4.69) is 11.0 Å². The molecule has 94 valence electrons. The van der Waals surface area contributed by atoms with Crippen molar-refractivity contribution in [3.05, 3.63) is 18.2 Å². The van der Waals surface area contributed by atoms with Gasteiger partial charge in [0.1, 0.15) is 0 Å². The molecule has 1 aromatic rings. The summed E-state index contributed by atoms with van der Waals surface area (Å²) in [6.45, 7) is 2.87. The van der Waals surface area contributed by atoms with Gasteiger partial charge < -0.3 is 20.1 Å². The zero-order chi connectivity index (χ0) is 12.3. The zero-order valence-electron chi connectivity index (χ0n) is 10.5. The molecule has 0 amide bonds. The number of nitrogens with two attached hydrogens (primary N) is 1. The molecular weight excluding hydrogens is 216 g/mol. The summed E-state index contributed by atoms with van der Waals surface area (Å²) in [7, 11) is 3.31. The van der Waals surface area contributed by atoms with E-state index in [1.165, 1.54) is 12.1 Å². The minimum absolute atomic E-state index is 0.614. The number of anilines is 1. The normalized spacial score (nSPS) is 19.5. The highest BCUT2D eigenvalue weighted by Gasteiger charge is 2.22. The van der Waals surface area contributed by atoms with E-state index >= 15 is 0 Å². The lowest BCUT2D eigenvalue weighted by Gasteiger charge is -2.20. The lowest BCUT2D eigenvalue weighted by molar-refractivity contribution is 0.355. The summed E-state index contributed by atoms with van der Waals surface area (Å²) in [5.74, 6) is 2.16. The van der Waals surface area contributed by atoms with E-state index in [0.29, 0.717) is 5.92 Å². The van der Waals surface area contributed by atoms with Gasteiger partial charge in [0.2, 0.25) is 0 Å². The van der Waals surface area contributed by atoms with Crippen molar-refractivity contribution >= 4 is 5.69 Å². The Labute approximate surface area is 102 Å². The molecular formula is C13H20N2O2. The molecule has 17 heavy (non-hydrogen) atoms. The second-order valence-corrected chi connectivity index (χ2v) is 4.38. The zero-order valence-corrected chi connectivity index (χ0v) is 10.5. The minimum Gasteiger partial charge on any atom is -0.493 e. The molecule has 1 aliphatic rings. The van der Waals surface area contributed by atoms with E-state index in [9.17, 15) is 0 Å². The van der Waals surface area contributed by atoms with Gasteiger partial charge in [-0.2, -0.15) is 0 Å². The molecule has 1 aromatic carbocycles. The van der Waals surface area contributed by atoms with Gasteiger partial charge in [-0.25, -0.2) is 0 Å². The predicted octanol–water partition coefficient (Wildman–Crippen LogP) is 1.49. The molecule has 4 nitrogen and oxygen atoms in total. The van der Waals surface area contributed by atoms with Crippen LogP contribution >= 0.6 is 0 Å². The molecule has 1 saturated heterocycles. The van der Waals surface area contributed by atoms with Gasteiger partial charge in [-0.3, -0.25) is 0 Å². The lowest BCUT2D eigenvalue weighted by atomic mass is 10.1. The Balaban J connectivity index is 2.16. The van der Waals surface area contributed by atoms with Gasteiger partial charge in [0.25, 0.3) is 0 Å². The Kier molecular flexibility index (Phi) is 3.74. The van der Waals surface area contributed by atoms with Crippen molar-refractivity contribution in [3.63, 3.8) is 0 Å².